The summed E-state index contributed by atoms with van der Waals surface area (Å²) in [6.07, 6.45) is 3.68. The maximum atomic E-state index is 13.0. The fraction of sp³-hybridized carbons (Fsp3) is 0.522. The van der Waals surface area contributed by atoms with Crippen LogP contribution in [-0.4, -0.2) is 60.2 Å². The van der Waals surface area contributed by atoms with E-state index in [1.165, 1.54) is 0 Å². The summed E-state index contributed by atoms with van der Waals surface area (Å²) in [6.45, 7) is 0.354. The molecule has 2 aromatic rings. The highest BCUT2D eigenvalue weighted by Gasteiger charge is 2.33. The van der Waals surface area contributed by atoms with Crippen LogP contribution in [0.15, 0.2) is 24.3 Å². The molecule has 3 atom stereocenters. The molecule has 32 heavy (non-hydrogen) atoms. The van der Waals surface area contributed by atoms with Crippen molar-refractivity contribution in [2.45, 2.75) is 44.2 Å². The molecule has 1 saturated heterocycles. The average Bonchev–Trinajstić information content (AvgIpc) is 3.35. The fourth-order valence-electron chi connectivity index (χ4n) is 4.28. The molecule has 0 unspecified atom stereocenters. The van der Waals surface area contributed by atoms with E-state index in [1.807, 2.05) is 18.2 Å². The molecule has 2 heterocycles. The molecule has 2 aliphatic rings. The van der Waals surface area contributed by atoms with Gasteiger partial charge in [-0.1, -0.05) is 18.9 Å². The Morgan fingerprint density at radius 3 is 2.69 bits per heavy atom. The van der Waals surface area contributed by atoms with E-state index in [0.717, 1.165) is 23.7 Å². The zero-order valence-electron chi connectivity index (χ0n) is 18.1. The van der Waals surface area contributed by atoms with Crippen LogP contribution in [0, 0.1) is 11.8 Å². The normalized spacial score (nSPS) is 19.9. The number of aliphatic hydroxyl groups is 1. The highest BCUT2D eigenvalue weighted by Crippen LogP contribution is 2.34. The van der Waals surface area contributed by atoms with Gasteiger partial charge in [-0.15, -0.1) is 0 Å². The molecule has 1 aromatic heterocycles. The maximum absolute atomic E-state index is 13.0. The van der Waals surface area contributed by atoms with Gasteiger partial charge < -0.3 is 30.8 Å². The molecule has 0 radical (unpaired) electrons. The van der Waals surface area contributed by atoms with Crippen molar-refractivity contribution in [1.82, 2.24) is 20.9 Å². The molecule has 0 spiro atoms. The van der Waals surface area contributed by atoms with E-state index in [0.29, 0.717) is 43.2 Å². The number of ether oxygens (including phenoxy) is 1. The Morgan fingerprint density at radius 1 is 1.22 bits per heavy atom. The number of H-pyrrole nitrogens is 1. The van der Waals surface area contributed by atoms with Gasteiger partial charge in [0.25, 0.3) is 5.91 Å². The van der Waals surface area contributed by atoms with Crippen molar-refractivity contribution in [2.24, 2.45) is 11.8 Å². The van der Waals surface area contributed by atoms with Gasteiger partial charge in [-0.25, -0.2) is 0 Å². The van der Waals surface area contributed by atoms with E-state index in [9.17, 15) is 19.5 Å². The van der Waals surface area contributed by atoms with Crippen molar-refractivity contribution in [3.05, 3.63) is 30.0 Å². The van der Waals surface area contributed by atoms with Gasteiger partial charge >= 0.3 is 0 Å². The third kappa shape index (κ3) is 5.04. The van der Waals surface area contributed by atoms with Crippen molar-refractivity contribution in [1.29, 1.82) is 0 Å². The molecule has 5 N–H and O–H groups in total. The van der Waals surface area contributed by atoms with Crippen LogP contribution in [0.25, 0.3) is 10.9 Å². The molecular weight excluding hydrogens is 412 g/mol. The Morgan fingerprint density at radius 2 is 2.03 bits per heavy atom. The summed E-state index contributed by atoms with van der Waals surface area (Å²) in [5, 5.41) is 19.0. The minimum Gasteiger partial charge on any atom is -0.496 e. The second-order valence-electron chi connectivity index (χ2n) is 8.71. The van der Waals surface area contributed by atoms with Gasteiger partial charge in [-0.3, -0.25) is 14.4 Å². The number of amides is 3. The van der Waals surface area contributed by atoms with Crippen LogP contribution < -0.4 is 20.7 Å². The van der Waals surface area contributed by atoms with Gasteiger partial charge in [-0.2, -0.15) is 0 Å². The number of aromatic amines is 1. The monoisotopic (exact) mass is 442 g/mol. The highest BCUT2D eigenvalue weighted by atomic mass is 16.5. The SMILES string of the molecule is COc1cccc2[nH]c(C(=O)N[C@@H](CC3CC3)C(=O)N[C@H](CO)C[C@@H]3CCNC3=O)cc12. The van der Waals surface area contributed by atoms with Gasteiger partial charge in [0, 0.05) is 23.4 Å². The van der Waals surface area contributed by atoms with Gasteiger partial charge in [0.1, 0.15) is 17.5 Å². The third-order valence-electron chi connectivity index (χ3n) is 6.28. The van der Waals surface area contributed by atoms with Crippen molar-refractivity contribution in [3.8, 4) is 5.75 Å². The molecule has 0 bridgehead atoms. The van der Waals surface area contributed by atoms with Crippen LogP contribution in [0.1, 0.15) is 42.6 Å². The second-order valence-corrected chi connectivity index (χ2v) is 8.71. The van der Waals surface area contributed by atoms with E-state index in [2.05, 4.69) is 20.9 Å². The Labute approximate surface area is 186 Å². The topological polar surface area (TPSA) is 133 Å². The summed E-state index contributed by atoms with van der Waals surface area (Å²) in [5.41, 5.74) is 1.12. The quantitative estimate of drug-likeness (QED) is 0.376. The average molecular weight is 443 g/mol. The van der Waals surface area contributed by atoms with Crippen LogP contribution >= 0.6 is 0 Å². The predicted molar refractivity (Wildman–Crippen MR) is 118 cm³/mol. The first-order chi connectivity index (χ1) is 15.5. The van der Waals surface area contributed by atoms with Gasteiger partial charge in [0.05, 0.1) is 19.8 Å². The summed E-state index contributed by atoms with van der Waals surface area (Å²) >= 11 is 0. The number of rotatable bonds is 10. The lowest BCUT2D eigenvalue weighted by atomic mass is 9.98. The lowest BCUT2D eigenvalue weighted by molar-refractivity contribution is -0.126. The summed E-state index contributed by atoms with van der Waals surface area (Å²) in [5.74, 6) is 0.0880. The van der Waals surface area contributed by atoms with Crippen LogP contribution in [0.3, 0.4) is 0 Å². The first kappa shape index (κ1) is 22.1. The van der Waals surface area contributed by atoms with Crippen LogP contribution in [0.4, 0.5) is 0 Å². The first-order valence-corrected chi connectivity index (χ1v) is 11.1. The first-order valence-electron chi connectivity index (χ1n) is 11.1. The maximum Gasteiger partial charge on any atom is 0.268 e. The minimum absolute atomic E-state index is 0.0465. The summed E-state index contributed by atoms with van der Waals surface area (Å²) < 4.78 is 5.35. The number of hydrogen-bond acceptors (Lipinski definition) is 5. The van der Waals surface area contributed by atoms with E-state index in [1.54, 1.807) is 13.2 Å². The Balaban J connectivity index is 1.43. The highest BCUT2D eigenvalue weighted by molar-refractivity contribution is 6.01. The smallest absolute Gasteiger partial charge is 0.268 e. The minimum atomic E-state index is -0.713. The van der Waals surface area contributed by atoms with Gasteiger partial charge in [-0.05, 0) is 43.4 Å². The number of methoxy groups -OCH3 is 1. The molecule has 172 valence electrons. The van der Waals surface area contributed by atoms with Crippen LogP contribution in [0.5, 0.6) is 5.75 Å². The number of aliphatic hydroxyl groups excluding tert-OH is 1. The number of aromatic nitrogens is 1. The van der Waals surface area contributed by atoms with Crippen molar-refractivity contribution < 1.29 is 24.2 Å². The molecule has 2 fully saturated rings. The van der Waals surface area contributed by atoms with E-state index in [-0.39, 0.29) is 30.2 Å². The molecule has 9 nitrogen and oxygen atoms in total. The van der Waals surface area contributed by atoms with Crippen LogP contribution in [0.2, 0.25) is 0 Å². The van der Waals surface area contributed by atoms with Crippen LogP contribution in [-0.2, 0) is 9.59 Å². The molecule has 1 aromatic carbocycles. The standard InChI is InChI=1S/C23H30N4O5/c1-32-20-4-2-3-17-16(20)11-19(26-17)23(31)27-18(9-13-5-6-13)22(30)25-15(12-28)10-14-7-8-24-21(14)29/h2-4,11,13-15,18,26,28H,5-10,12H2,1H3,(H,24,29)(H,25,30)(H,27,31)/t14-,15-,18-/m0/s1. The largest absolute Gasteiger partial charge is 0.496 e. The number of nitrogens with one attached hydrogen (secondary N) is 4. The lowest BCUT2D eigenvalue weighted by Crippen LogP contribution is -2.51. The number of carbonyl (C=O) groups is 3. The number of fused-ring (bicyclic) bond motifs is 1. The second kappa shape index (κ2) is 9.60. The van der Waals surface area contributed by atoms with E-state index >= 15 is 0 Å². The number of carbonyl (C=O) groups excluding carboxylic acids is 3. The van der Waals surface area contributed by atoms with E-state index in [4.69, 9.17) is 4.74 Å². The molecular formula is C23H30N4O5. The Kier molecular flexibility index (Phi) is 6.64. The molecule has 1 saturated carbocycles. The third-order valence-corrected chi connectivity index (χ3v) is 6.28. The van der Waals surface area contributed by atoms with Crippen molar-refractivity contribution >= 4 is 28.6 Å². The number of hydrogen-bond donors (Lipinski definition) is 5. The molecule has 9 heteroatoms. The molecule has 1 aliphatic carbocycles. The molecule has 4 rings (SSSR count). The zero-order chi connectivity index (χ0) is 22.7. The molecule has 1 aliphatic heterocycles. The predicted octanol–water partition coefficient (Wildman–Crippen LogP) is 1.08. The van der Waals surface area contributed by atoms with Crippen molar-refractivity contribution in [2.75, 3.05) is 20.3 Å². The summed E-state index contributed by atoms with van der Waals surface area (Å²) in [4.78, 5) is 40.9. The summed E-state index contributed by atoms with van der Waals surface area (Å²) in [6, 6.07) is 5.98. The fourth-order valence-corrected chi connectivity index (χ4v) is 4.28. The van der Waals surface area contributed by atoms with E-state index < -0.39 is 12.1 Å². The Hall–Kier alpha value is -3.07. The summed E-state index contributed by atoms with van der Waals surface area (Å²) in [7, 11) is 1.57. The molecule has 3 amide bonds. The Bertz CT molecular complexity index is 999. The zero-order valence-corrected chi connectivity index (χ0v) is 18.1. The van der Waals surface area contributed by atoms with Crippen molar-refractivity contribution in [3.63, 3.8) is 0 Å². The number of benzene rings is 1. The van der Waals surface area contributed by atoms with Gasteiger partial charge in [0.15, 0.2) is 0 Å². The van der Waals surface area contributed by atoms with Gasteiger partial charge in [0.2, 0.25) is 11.8 Å². The lowest BCUT2D eigenvalue weighted by Gasteiger charge is -2.23.